The lowest BCUT2D eigenvalue weighted by atomic mass is 10.1. The Morgan fingerprint density at radius 2 is 1.97 bits per heavy atom. The number of imidazole rings is 1. The third-order valence-corrected chi connectivity index (χ3v) is 6.87. The Morgan fingerprint density at radius 1 is 1.17 bits per heavy atom. The van der Waals surface area contributed by atoms with E-state index in [0.717, 1.165) is 32.4 Å². The van der Waals surface area contributed by atoms with Crippen molar-refractivity contribution in [2.75, 3.05) is 7.11 Å². The van der Waals surface area contributed by atoms with E-state index in [1.807, 2.05) is 44.2 Å². The lowest BCUT2D eigenvalue weighted by molar-refractivity contribution is 0.398. The Morgan fingerprint density at radius 3 is 2.69 bits per heavy atom. The highest BCUT2D eigenvalue weighted by Gasteiger charge is 2.18. The van der Waals surface area contributed by atoms with Gasteiger partial charge in [-0.2, -0.15) is 10.5 Å². The van der Waals surface area contributed by atoms with E-state index in [-0.39, 0.29) is 0 Å². The number of thiophene rings is 1. The second-order valence-corrected chi connectivity index (χ2v) is 8.87. The number of aryl methyl sites for hydroxylation is 1. The summed E-state index contributed by atoms with van der Waals surface area (Å²) in [6.07, 6.45) is 6.92. The van der Waals surface area contributed by atoms with Crippen molar-refractivity contribution in [2.45, 2.75) is 13.8 Å². The fourth-order valence-corrected chi connectivity index (χ4v) is 5.20. The zero-order valence-electron chi connectivity index (χ0n) is 19.2. The molecule has 0 radical (unpaired) electrons. The number of fused-ring (bicyclic) bond motifs is 1. The molecule has 0 spiro atoms. The SMILES string of the molecule is COc1cc2nc(/C(C#N)=C/c3cc(C)n(-c4sc(-c5ccncc5)cc4C#N)c3C)[nH]c2cn1. The number of allylic oxidation sites excluding steroid dienone is 1. The maximum absolute atomic E-state index is 9.89. The highest BCUT2D eigenvalue weighted by Crippen LogP contribution is 2.36. The molecule has 5 aromatic heterocycles. The first-order chi connectivity index (χ1) is 17.0. The second kappa shape index (κ2) is 8.90. The molecule has 8 nitrogen and oxygen atoms in total. The lowest BCUT2D eigenvalue weighted by Crippen LogP contribution is -1.98. The van der Waals surface area contributed by atoms with Crippen molar-refractivity contribution in [1.82, 2.24) is 24.5 Å². The van der Waals surface area contributed by atoms with Crippen LogP contribution in [0.2, 0.25) is 0 Å². The molecule has 0 bridgehead atoms. The van der Waals surface area contributed by atoms with E-state index in [9.17, 15) is 10.5 Å². The smallest absolute Gasteiger partial charge is 0.215 e. The molecule has 0 fully saturated rings. The Hall–Kier alpha value is -4.73. The summed E-state index contributed by atoms with van der Waals surface area (Å²) in [5.41, 5.74) is 6.14. The molecule has 0 aliphatic rings. The summed E-state index contributed by atoms with van der Waals surface area (Å²) in [4.78, 5) is 17.0. The van der Waals surface area contributed by atoms with Crippen LogP contribution in [-0.2, 0) is 0 Å². The summed E-state index contributed by atoms with van der Waals surface area (Å²) in [5.74, 6) is 0.910. The van der Waals surface area contributed by atoms with Gasteiger partial charge in [-0.05, 0) is 55.3 Å². The number of H-pyrrole nitrogens is 1. The number of hydrogen-bond donors (Lipinski definition) is 1. The maximum Gasteiger partial charge on any atom is 0.215 e. The minimum absolute atomic E-state index is 0.393. The van der Waals surface area contributed by atoms with Gasteiger partial charge in [0.25, 0.3) is 0 Å². The van der Waals surface area contributed by atoms with Crippen LogP contribution in [0.15, 0.2) is 48.9 Å². The number of pyridine rings is 2. The van der Waals surface area contributed by atoms with E-state index in [4.69, 9.17) is 4.74 Å². The van der Waals surface area contributed by atoms with Crippen molar-refractivity contribution >= 4 is 34.0 Å². The molecule has 0 aliphatic carbocycles. The van der Waals surface area contributed by atoms with Crippen molar-refractivity contribution in [3.8, 4) is 33.5 Å². The number of methoxy groups -OCH3 is 1. The molecule has 5 rings (SSSR count). The average Bonchev–Trinajstić information content (AvgIpc) is 3.57. The molecule has 9 heteroatoms. The third-order valence-electron chi connectivity index (χ3n) is 5.70. The highest BCUT2D eigenvalue weighted by molar-refractivity contribution is 7.18. The topological polar surface area (TPSA) is 116 Å². The van der Waals surface area contributed by atoms with E-state index >= 15 is 0 Å². The van der Waals surface area contributed by atoms with Crippen LogP contribution in [0.5, 0.6) is 5.88 Å². The fourth-order valence-electron chi connectivity index (χ4n) is 3.97. The molecule has 5 aromatic rings. The van der Waals surface area contributed by atoms with Gasteiger partial charge in [0.2, 0.25) is 5.88 Å². The number of nitriles is 2. The summed E-state index contributed by atoms with van der Waals surface area (Å²) in [6, 6.07) is 14.1. The van der Waals surface area contributed by atoms with Crippen molar-refractivity contribution in [1.29, 1.82) is 10.5 Å². The van der Waals surface area contributed by atoms with Crippen LogP contribution in [0.1, 0.15) is 28.3 Å². The van der Waals surface area contributed by atoms with Gasteiger partial charge in [-0.1, -0.05) is 0 Å². The molecule has 1 N–H and O–H groups in total. The van der Waals surface area contributed by atoms with Crippen molar-refractivity contribution in [2.24, 2.45) is 0 Å². The molecule has 0 saturated heterocycles. The van der Waals surface area contributed by atoms with E-state index in [0.29, 0.717) is 33.9 Å². The lowest BCUT2D eigenvalue weighted by Gasteiger charge is -2.07. The van der Waals surface area contributed by atoms with Crippen LogP contribution in [-0.4, -0.2) is 31.6 Å². The van der Waals surface area contributed by atoms with Gasteiger partial charge in [-0.25, -0.2) is 9.97 Å². The van der Waals surface area contributed by atoms with E-state index in [2.05, 4.69) is 36.6 Å². The minimum atomic E-state index is 0.393. The van der Waals surface area contributed by atoms with Crippen LogP contribution in [0.25, 0.3) is 38.1 Å². The Balaban J connectivity index is 1.58. The summed E-state index contributed by atoms with van der Waals surface area (Å²) >= 11 is 1.55. The number of ether oxygens (including phenoxy) is 1. The van der Waals surface area contributed by atoms with Crippen LogP contribution in [0.4, 0.5) is 0 Å². The monoisotopic (exact) mass is 477 g/mol. The number of aromatic amines is 1. The quantitative estimate of drug-likeness (QED) is 0.337. The Kier molecular flexibility index (Phi) is 5.61. The highest BCUT2D eigenvalue weighted by atomic mass is 32.1. The van der Waals surface area contributed by atoms with E-state index in [1.165, 1.54) is 0 Å². The van der Waals surface area contributed by atoms with Crippen LogP contribution >= 0.6 is 11.3 Å². The first-order valence-corrected chi connectivity index (χ1v) is 11.5. The number of rotatable bonds is 5. The molecule has 0 saturated carbocycles. The van der Waals surface area contributed by atoms with Crippen molar-refractivity contribution < 1.29 is 4.74 Å². The summed E-state index contributed by atoms with van der Waals surface area (Å²) < 4.78 is 7.22. The molecular weight excluding hydrogens is 458 g/mol. The number of hydrogen-bond acceptors (Lipinski definition) is 7. The molecule has 0 aliphatic heterocycles. The van der Waals surface area contributed by atoms with Crippen LogP contribution in [0.3, 0.4) is 0 Å². The molecule has 5 heterocycles. The van der Waals surface area contributed by atoms with Crippen molar-refractivity contribution in [3.63, 3.8) is 0 Å². The predicted molar refractivity (Wildman–Crippen MR) is 135 cm³/mol. The summed E-state index contributed by atoms with van der Waals surface area (Å²) in [6.45, 7) is 3.97. The van der Waals surface area contributed by atoms with Gasteiger partial charge in [0.15, 0.2) is 0 Å². The van der Waals surface area contributed by atoms with Crippen LogP contribution in [0, 0.1) is 36.5 Å². The number of aromatic nitrogens is 5. The molecule has 0 unspecified atom stereocenters. The van der Waals surface area contributed by atoms with Gasteiger partial charge < -0.3 is 14.3 Å². The first-order valence-electron chi connectivity index (χ1n) is 10.7. The standard InChI is InChI=1S/C26H19N7OS/c1-15-8-18(9-19(12-27)25-31-21-11-24(34-3)30-14-22(21)32-25)16(2)33(15)26-20(13-28)10-23(35-26)17-4-6-29-7-5-17/h4-11,14H,1-3H3,(H,31,32)/b19-9+. The van der Waals surface area contributed by atoms with E-state index in [1.54, 1.807) is 43.1 Å². The fraction of sp³-hybridized carbons (Fsp3) is 0.115. The first kappa shape index (κ1) is 22.1. The Bertz CT molecular complexity index is 1680. The predicted octanol–water partition coefficient (Wildman–Crippen LogP) is 5.43. The largest absolute Gasteiger partial charge is 0.481 e. The zero-order chi connectivity index (χ0) is 24.5. The van der Waals surface area contributed by atoms with Crippen LogP contribution < -0.4 is 4.74 Å². The number of nitrogens with one attached hydrogen (secondary N) is 1. The molecule has 0 amide bonds. The zero-order valence-corrected chi connectivity index (χ0v) is 20.0. The molecule has 35 heavy (non-hydrogen) atoms. The van der Waals surface area contributed by atoms with Gasteiger partial charge in [0, 0.05) is 34.7 Å². The molecular formula is C26H19N7OS. The minimum Gasteiger partial charge on any atom is -0.481 e. The van der Waals surface area contributed by atoms with Gasteiger partial charge >= 0.3 is 0 Å². The van der Waals surface area contributed by atoms with Gasteiger partial charge in [0.05, 0.1) is 35.5 Å². The molecule has 0 aromatic carbocycles. The molecule has 170 valence electrons. The van der Waals surface area contributed by atoms with Gasteiger partial charge in [-0.15, -0.1) is 11.3 Å². The second-order valence-electron chi connectivity index (χ2n) is 7.84. The molecule has 0 atom stereocenters. The summed E-state index contributed by atoms with van der Waals surface area (Å²) in [7, 11) is 1.55. The maximum atomic E-state index is 9.89. The Labute approximate surface area is 205 Å². The van der Waals surface area contributed by atoms with Gasteiger partial charge in [0.1, 0.15) is 23.0 Å². The number of nitrogens with zero attached hydrogens (tertiary/aromatic N) is 6. The summed E-state index contributed by atoms with van der Waals surface area (Å²) in [5, 5.41) is 20.5. The van der Waals surface area contributed by atoms with Gasteiger partial charge in [-0.3, -0.25) is 4.98 Å². The van der Waals surface area contributed by atoms with Crippen molar-refractivity contribution in [3.05, 3.63) is 77.3 Å². The normalized spacial score (nSPS) is 11.4. The average molecular weight is 478 g/mol. The third kappa shape index (κ3) is 3.95. The van der Waals surface area contributed by atoms with E-state index < -0.39 is 0 Å².